The lowest BCUT2D eigenvalue weighted by Crippen LogP contribution is -2.41. The summed E-state index contributed by atoms with van der Waals surface area (Å²) in [5, 5.41) is 9.82. The Morgan fingerprint density at radius 2 is 2.00 bits per heavy atom. The molecule has 1 aromatic rings. The maximum Gasteiger partial charge on any atom is 0.326 e. The lowest BCUT2D eigenvalue weighted by Gasteiger charge is -2.18. The Hall–Kier alpha value is -1.08. The number of aliphatic carboxylic acids is 1. The first-order valence-electron chi connectivity index (χ1n) is 5.76. The van der Waals surface area contributed by atoms with Crippen LogP contribution in [0.1, 0.15) is 12.5 Å². The molecular formula is C13H9Cl2NO3S2. The second kappa shape index (κ2) is 6.36. The normalized spacial score (nSPS) is 18.4. The van der Waals surface area contributed by atoms with E-state index >= 15 is 0 Å². The third kappa shape index (κ3) is 3.23. The Morgan fingerprint density at radius 1 is 1.43 bits per heavy atom. The number of amides is 1. The number of thiocarbonyl (C=S) groups is 1. The summed E-state index contributed by atoms with van der Waals surface area (Å²) >= 11 is 18.2. The van der Waals surface area contributed by atoms with Crippen molar-refractivity contribution in [2.75, 3.05) is 0 Å². The van der Waals surface area contributed by atoms with Gasteiger partial charge in [0.25, 0.3) is 5.91 Å². The van der Waals surface area contributed by atoms with E-state index in [1.165, 1.54) is 13.0 Å². The molecule has 2 rings (SSSR count). The van der Waals surface area contributed by atoms with Crippen LogP contribution in [0.15, 0.2) is 23.1 Å². The molecule has 1 amide bonds. The third-order valence-corrected chi connectivity index (χ3v) is 4.83. The first kappa shape index (κ1) is 16.3. The average molecular weight is 362 g/mol. The fraction of sp³-hybridized carbons (Fsp3) is 0.154. The van der Waals surface area contributed by atoms with E-state index in [1.54, 1.807) is 18.2 Å². The van der Waals surface area contributed by atoms with Crippen molar-refractivity contribution in [3.63, 3.8) is 0 Å². The Morgan fingerprint density at radius 3 is 2.52 bits per heavy atom. The van der Waals surface area contributed by atoms with Crippen LogP contribution in [0.5, 0.6) is 0 Å². The van der Waals surface area contributed by atoms with Crippen LogP contribution in [0.2, 0.25) is 10.0 Å². The first-order valence-corrected chi connectivity index (χ1v) is 7.75. The Bertz CT molecular complexity index is 655. The molecule has 0 bridgehead atoms. The molecular weight excluding hydrogens is 353 g/mol. The summed E-state index contributed by atoms with van der Waals surface area (Å²) < 4.78 is 0.198. The molecule has 0 saturated carbocycles. The van der Waals surface area contributed by atoms with E-state index in [-0.39, 0.29) is 4.32 Å². The van der Waals surface area contributed by atoms with Gasteiger partial charge in [-0.3, -0.25) is 9.69 Å². The molecule has 4 nitrogen and oxygen atoms in total. The van der Waals surface area contributed by atoms with Crippen molar-refractivity contribution in [1.29, 1.82) is 0 Å². The van der Waals surface area contributed by atoms with Gasteiger partial charge in [-0.25, -0.2) is 4.79 Å². The molecule has 8 heteroatoms. The summed E-state index contributed by atoms with van der Waals surface area (Å²) in [5.41, 5.74) is 0.504. The number of hydrogen-bond acceptors (Lipinski definition) is 4. The minimum absolute atomic E-state index is 0.198. The lowest BCUT2D eigenvalue weighted by atomic mass is 10.2. The number of carbonyl (C=O) groups is 2. The molecule has 1 aromatic carbocycles. The standard InChI is InChI=1S/C13H9Cl2NO3S2/c1-6(12(18)19)16-11(17)10(21-13(16)20)5-7-8(14)3-2-4-9(7)15/h2-6H,1H3,(H,18,19)/b10-5-. The molecule has 1 atom stereocenters. The Balaban J connectivity index is 2.39. The highest BCUT2D eigenvalue weighted by Crippen LogP contribution is 2.36. The highest BCUT2D eigenvalue weighted by molar-refractivity contribution is 8.26. The summed E-state index contributed by atoms with van der Waals surface area (Å²) in [4.78, 5) is 24.7. The number of halogens is 2. The fourth-order valence-corrected chi connectivity index (χ4v) is 3.61. The summed E-state index contributed by atoms with van der Waals surface area (Å²) in [5.74, 6) is -1.58. The summed E-state index contributed by atoms with van der Waals surface area (Å²) in [7, 11) is 0. The van der Waals surface area contributed by atoms with Gasteiger partial charge in [0.2, 0.25) is 0 Å². The summed E-state index contributed by atoms with van der Waals surface area (Å²) in [6.45, 7) is 1.40. The smallest absolute Gasteiger partial charge is 0.326 e. The number of thioether (sulfide) groups is 1. The van der Waals surface area contributed by atoms with Gasteiger partial charge in [-0.2, -0.15) is 0 Å². The molecule has 21 heavy (non-hydrogen) atoms. The monoisotopic (exact) mass is 361 g/mol. The van der Waals surface area contributed by atoms with E-state index in [9.17, 15) is 9.59 Å². The van der Waals surface area contributed by atoms with E-state index < -0.39 is 17.9 Å². The van der Waals surface area contributed by atoms with Crippen molar-refractivity contribution < 1.29 is 14.7 Å². The zero-order valence-corrected chi connectivity index (χ0v) is 13.8. The number of carbonyl (C=O) groups excluding carboxylic acids is 1. The number of rotatable bonds is 3. The zero-order valence-electron chi connectivity index (χ0n) is 10.7. The van der Waals surface area contributed by atoms with Crippen LogP contribution < -0.4 is 0 Å². The molecule has 1 aliphatic rings. The van der Waals surface area contributed by atoms with Gasteiger partial charge in [0, 0.05) is 15.6 Å². The van der Waals surface area contributed by atoms with Gasteiger partial charge in [-0.1, -0.05) is 53.2 Å². The van der Waals surface area contributed by atoms with Crippen LogP contribution in [-0.2, 0) is 9.59 Å². The lowest BCUT2D eigenvalue weighted by molar-refractivity contribution is -0.144. The molecule has 1 fully saturated rings. The van der Waals surface area contributed by atoms with Crippen LogP contribution in [0.4, 0.5) is 0 Å². The van der Waals surface area contributed by atoms with Crippen molar-refractivity contribution >= 4 is 69.5 Å². The van der Waals surface area contributed by atoms with Crippen molar-refractivity contribution in [1.82, 2.24) is 4.90 Å². The molecule has 1 heterocycles. The van der Waals surface area contributed by atoms with Gasteiger partial charge in [-0.05, 0) is 25.1 Å². The van der Waals surface area contributed by atoms with Gasteiger partial charge in [0.05, 0.1) is 4.91 Å². The van der Waals surface area contributed by atoms with Crippen LogP contribution in [0.3, 0.4) is 0 Å². The predicted octanol–water partition coefficient (Wildman–Crippen LogP) is 3.67. The SMILES string of the molecule is CC(C(=O)O)N1C(=O)/C(=C/c2c(Cl)cccc2Cl)SC1=S. The van der Waals surface area contributed by atoms with Crippen LogP contribution in [0.25, 0.3) is 6.08 Å². The van der Waals surface area contributed by atoms with Crippen LogP contribution in [0, 0.1) is 0 Å². The number of carboxylic acids is 1. The van der Waals surface area contributed by atoms with E-state index in [1.807, 2.05) is 0 Å². The molecule has 0 spiro atoms. The molecule has 1 unspecified atom stereocenters. The van der Waals surface area contributed by atoms with E-state index in [4.69, 9.17) is 40.5 Å². The number of carboxylic acid groups (broad SMARTS) is 1. The van der Waals surface area contributed by atoms with Gasteiger partial charge < -0.3 is 5.11 Å². The minimum atomic E-state index is -1.12. The molecule has 0 aliphatic carbocycles. The molecule has 1 saturated heterocycles. The molecule has 1 aliphatic heterocycles. The number of nitrogens with zero attached hydrogens (tertiary/aromatic N) is 1. The Labute approximate surface area is 140 Å². The van der Waals surface area contributed by atoms with Gasteiger partial charge in [0.15, 0.2) is 0 Å². The maximum atomic E-state index is 12.3. The number of hydrogen-bond donors (Lipinski definition) is 1. The first-order chi connectivity index (χ1) is 9.82. The maximum absolute atomic E-state index is 12.3. The van der Waals surface area contributed by atoms with Gasteiger partial charge in [-0.15, -0.1) is 0 Å². The predicted molar refractivity (Wildman–Crippen MR) is 88.6 cm³/mol. The van der Waals surface area contributed by atoms with E-state index in [0.29, 0.717) is 20.5 Å². The highest BCUT2D eigenvalue weighted by atomic mass is 35.5. The van der Waals surface area contributed by atoms with Crippen LogP contribution >= 0.6 is 47.2 Å². The summed E-state index contributed by atoms with van der Waals surface area (Å²) in [6.07, 6.45) is 1.53. The van der Waals surface area contributed by atoms with Crippen LogP contribution in [-0.4, -0.2) is 32.2 Å². The Kier molecular flexibility index (Phi) is 4.93. The number of benzene rings is 1. The van der Waals surface area contributed by atoms with E-state index in [0.717, 1.165) is 16.7 Å². The second-order valence-electron chi connectivity index (χ2n) is 4.20. The fourth-order valence-electron chi connectivity index (χ4n) is 1.70. The summed E-state index contributed by atoms with van der Waals surface area (Å²) in [6, 6.07) is 3.98. The van der Waals surface area contributed by atoms with Gasteiger partial charge in [0.1, 0.15) is 10.4 Å². The molecule has 0 radical (unpaired) electrons. The van der Waals surface area contributed by atoms with Crippen molar-refractivity contribution in [3.05, 3.63) is 38.7 Å². The zero-order chi connectivity index (χ0) is 15.7. The molecule has 110 valence electrons. The largest absolute Gasteiger partial charge is 0.480 e. The average Bonchev–Trinajstić information content (AvgIpc) is 2.68. The molecule has 0 aromatic heterocycles. The van der Waals surface area contributed by atoms with E-state index in [2.05, 4.69) is 0 Å². The van der Waals surface area contributed by atoms with Crippen molar-refractivity contribution in [3.8, 4) is 0 Å². The highest BCUT2D eigenvalue weighted by Gasteiger charge is 2.38. The van der Waals surface area contributed by atoms with Crippen molar-refractivity contribution in [2.24, 2.45) is 0 Å². The molecule has 1 N–H and O–H groups in total. The minimum Gasteiger partial charge on any atom is -0.480 e. The third-order valence-electron chi connectivity index (χ3n) is 2.84. The van der Waals surface area contributed by atoms with Gasteiger partial charge >= 0.3 is 5.97 Å². The topological polar surface area (TPSA) is 57.6 Å². The second-order valence-corrected chi connectivity index (χ2v) is 6.69. The quantitative estimate of drug-likeness (QED) is 0.657. The van der Waals surface area contributed by atoms with Crippen molar-refractivity contribution in [2.45, 2.75) is 13.0 Å².